The number of fused-ring (bicyclic) bond motifs is 4. The summed E-state index contributed by atoms with van der Waals surface area (Å²) in [6, 6.07) is 12.1. The molecule has 0 saturated carbocycles. The summed E-state index contributed by atoms with van der Waals surface area (Å²) in [6.45, 7) is 0. The number of carbonyl (C=O) groups is 1. The first-order valence-electron chi connectivity index (χ1n) is 10.2. The number of benzene rings is 3. The van der Waals surface area contributed by atoms with Gasteiger partial charge in [0.2, 0.25) is 0 Å². The average Bonchev–Trinajstić information content (AvgIpc) is 2.78. The maximum absolute atomic E-state index is 12.8. The number of hydrogen-bond donors (Lipinski definition) is 0. The Bertz CT molecular complexity index is 1620. The van der Waals surface area contributed by atoms with Crippen molar-refractivity contribution in [3.8, 4) is 5.75 Å². The van der Waals surface area contributed by atoms with Gasteiger partial charge in [0.15, 0.2) is 11.5 Å². The molecule has 0 fully saturated rings. The summed E-state index contributed by atoms with van der Waals surface area (Å²) >= 11 is 0. The molecule has 0 atom stereocenters. The van der Waals surface area contributed by atoms with Crippen molar-refractivity contribution in [1.29, 1.82) is 0 Å². The summed E-state index contributed by atoms with van der Waals surface area (Å²) in [5.41, 5.74) is 1.29. The van der Waals surface area contributed by atoms with Gasteiger partial charge in [-0.05, 0) is 76.0 Å². The number of Topliss-reactive ketones (excluding diaryl/α,β-unsaturated/α-hetero) is 1. The fourth-order valence-corrected chi connectivity index (χ4v) is 5.31. The maximum Gasteiger partial charge on any atom is 0.416 e. The zero-order valence-corrected chi connectivity index (χ0v) is 18.0. The Balaban J connectivity index is 1.60. The highest BCUT2D eigenvalue weighted by molar-refractivity contribution is 7.87. The Morgan fingerprint density at radius 3 is 2.33 bits per heavy atom. The molecule has 0 amide bonds. The van der Waals surface area contributed by atoms with Crippen LogP contribution in [0.2, 0.25) is 0 Å². The van der Waals surface area contributed by atoms with Crippen molar-refractivity contribution in [2.45, 2.75) is 30.3 Å². The van der Waals surface area contributed by atoms with Crippen LogP contribution in [0.25, 0.3) is 12.2 Å². The highest BCUT2D eigenvalue weighted by Crippen LogP contribution is 2.30. The lowest BCUT2D eigenvalue weighted by atomic mass is 9.88. The average molecular weight is 470 g/mol. The van der Waals surface area contributed by atoms with Crippen molar-refractivity contribution < 1.29 is 30.6 Å². The van der Waals surface area contributed by atoms with E-state index in [1.54, 1.807) is 12.1 Å². The number of ketones is 1. The standard InChI is InChI=1S/C25H17F3O4S/c26-25(27,28)16-5-8-18(9-6-16)33(30,31)32-24-3-1-2-20-22-10-4-15-14-17(29)7-11-19(15)21(22)12-13-23(20)24/h1-6,8-10,13-14H,7,11-12H2. The first-order valence-corrected chi connectivity index (χ1v) is 11.6. The molecule has 8 heteroatoms. The van der Waals surface area contributed by atoms with Crippen molar-refractivity contribution in [1.82, 2.24) is 0 Å². The van der Waals surface area contributed by atoms with Gasteiger partial charge in [-0.3, -0.25) is 4.79 Å². The Hall–Kier alpha value is -3.39. The zero-order chi connectivity index (χ0) is 23.4. The van der Waals surface area contributed by atoms with Gasteiger partial charge in [-0.25, -0.2) is 0 Å². The van der Waals surface area contributed by atoms with Gasteiger partial charge in [0.05, 0.1) is 5.56 Å². The quantitative estimate of drug-likeness (QED) is 0.551. The number of alkyl halides is 3. The van der Waals surface area contributed by atoms with Crippen LogP contribution in [0.15, 0.2) is 59.5 Å². The van der Waals surface area contributed by atoms with Crippen molar-refractivity contribution in [3.63, 3.8) is 0 Å². The predicted octanol–water partition coefficient (Wildman–Crippen LogP) is 3.39. The first kappa shape index (κ1) is 21.5. The van der Waals surface area contributed by atoms with E-state index in [-0.39, 0.29) is 16.4 Å². The van der Waals surface area contributed by atoms with Crippen LogP contribution in [0, 0.1) is 10.4 Å². The summed E-state index contributed by atoms with van der Waals surface area (Å²) in [4.78, 5) is 11.4. The Morgan fingerprint density at radius 1 is 0.848 bits per heavy atom. The molecule has 168 valence electrons. The van der Waals surface area contributed by atoms with Crippen LogP contribution in [0.4, 0.5) is 13.2 Å². The van der Waals surface area contributed by atoms with E-state index in [0.717, 1.165) is 38.9 Å². The van der Waals surface area contributed by atoms with E-state index in [2.05, 4.69) is 0 Å². The lowest BCUT2D eigenvalue weighted by Crippen LogP contribution is -2.24. The van der Waals surface area contributed by atoms with E-state index < -0.39 is 21.9 Å². The van der Waals surface area contributed by atoms with Crippen LogP contribution in [-0.2, 0) is 33.9 Å². The number of carbonyl (C=O) groups excluding carboxylic acids is 1. The first-order chi connectivity index (χ1) is 15.6. The molecular formula is C25H17F3O4S. The summed E-state index contributed by atoms with van der Waals surface area (Å²) < 4.78 is 69.3. The highest BCUT2D eigenvalue weighted by Gasteiger charge is 2.31. The highest BCUT2D eigenvalue weighted by atomic mass is 32.2. The topological polar surface area (TPSA) is 60.4 Å². The molecule has 2 aliphatic carbocycles. The molecule has 3 aromatic rings. The molecule has 0 spiro atoms. The number of rotatable bonds is 3. The largest absolute Gasteiger partial charge is 0.416 e. The minimum absolute atomic E-state index is 0.104. The second-order valence-electron chi connectivity index (χ2n) is 7.96. The lowest BCUT2D eigenvalue weighted by Gasteiger charge is -2.17. The van der Waals surface area contributed by atoms with E-state index in [1.807, 2.05) is 24.3 Å². The predicted molar refractivity (Wildman–Crippen MR) is 115 cm³/mol. The zero-order valence-electron chi connectivity index (χ0n) is 17.1. The number of halogens is 3. The van der Waals surface area contributed by atoms with Crippen molar-refractivity contribution in [2.75, 3.05) is 0 Å². The van der Waals surface area contributed by atoms with Gasteiger partial charge < -0.3 is 4.18 Å². The third kappa shape index (κ3) is 3.84. The normalized spacial score (nSPS) is 14.9. The van der Waals surface area contributed by atoms with Crippen molar-refractivity contribution in [2.24, 2.45) is 0 Å². The summed E-state index contributed by atoms with van der Waals surface area (Å²) in [5, 5.41) is 3.28. The van der Waals surface area contributed by atoms with Gasteiger partial charge in [-0.1, -0.05) is 30.3 Å². The number of hydrogen-bond acceptors (Lipinski definition) is 4. The summed E-state index contributed by atoms with van der Waals surface area (Å²) in [5.74, 6) is 0.212. The van der Waals surface area contributed by atoms with Crippen LogP contribution < -0.4 is 14.6 Å². The van der Waals surface area contributed by atoms with Gasteiger partial charge in [0.1, 0.15) is 4.90 Å². The van der Waals surface area contributed by atoms with Crippen LogP contribution >= 0.6 is 0 Å². The molecule has 0 unspecified atom stereocenters. The fourth-order valence-electron chi connectivity index (χ4n) is 4.36. The monoisotopic (exact) mass is 470 g/mol. The van der Waals surface area contributed by atoms with Gasteiger partial charge in [-0.2, -0.15) is 21.6 Å². The van der Waals surface area contributed by atoms with Crippen LogP contribution in [0.1, 0.15) is 23.1 Å². The lowest BCUT2D eigenvalue weighted by molar-refractivity contribution is -0.137. The van der Waals surface area contributed by atoms with Gasteiger partial charge in [0, 0.05) is 11.6 Å². The summed E-state index contributed by atoms with van der Waals surface area (Å²) in [7, 11) is -4.34. The molecule has 0 radical (unpaired) electrons. The molecule has 0 N–H and O–H groups in total. The third-order valence-electron chi connectivity index (χ3n) is 5.94. The van der Waals surface area contributed by atoms with E-state index in [4.69, 9.17) is 4.18 Å². The fraction of sp³-hybridized carbons (Fsp3) is 0.160. The van der Waals surface area contributed by atoms with Crippen LogP contribution in [0.5, 0.6) is 5.75 Å². The van der Waals surface area contributed by atoms with Crippen LogP contribution in [-0.4, -0.2) is 14.2 Å². The van der Waals surface area contributed by atoms with Gasteiger partial charge >= 0.3 is 16.3 Å². The molecule has 4 nitrogen and oxygen atoms in total. The second-order valence-corrected chi connectivity index (χ2v) is 9.50. The van der Waals surface area contributed by atoms with Crippen LogP contribution in [0.3, 0.4) is 0 Å². The van der Waals surface area contributed by atoms with E-state index in [9.17, 15) is 26.4 Å². The van der Waals surface area contributed by atoms with Crippen molar-refractivity contribution >= 4 is 28.1 Å². The van der Waals surface area contributed by atoms with E-state index in [1.165, 1.54) is 6.07 Å². The molecule has 0 aromatic heterocycles. The molecule has 3 aromatic carbocycles. The Morgan fingerprint density at radius 2 is 1.61 bits per heavy atom. The minimum atomic E-state index is -4.56. The van der Waals surface area contributed by atoms with Gasteiger partial charge in [0.25, 0.3) is 0 Å². The maximum atomic E-state index is 12.8. The molecule has 0 saturated heterocycles. The smallest absolute Gasteiger partial charge is 0.378 e. The molecule has 5 rings (SSSR count). The van der Waals surface area contributed by atoms with E-state index >= 15 is 0 Å². The summed E-state index contributed by atoms with van der Waals surface area (Å²) in [6.07, 6.45) is 0.652. The SMILES string of the molecule is O=C1C=c2ccc3c(c2CC1)CC=c1c(OS(=O)(=O)c2ccc(C(F)(F)F)cc2)cccc1=3. The third-order valence-corrected chi connectivity index (χ3v) is 7.19. The van der Waals surface area contributed by atoms with Gasteiger partial charge in [-0.15, -0.1) is 0 Å². The molecular weight excluding hydrogens is 453 g/mol. The van der Waals surface area contributed by atoms with E-state index in [0.29, 0.717) is 36.6 Å². The Kier molecular flexibility index (Phi) is 4.93. The second kappa shape index (κ2) is 7.59. The minimum Gasteiger partial charge on any atom is -0.378 e. The molecule has 33 heavy (non-hydrogen) atoms. The molecule has 0 bridgehead atoms. The Labute approximate surface area is 187 Å². The molecule has 2 aliphatic rings. The van der Waals surface area contributed by atoms with Crippen molar-refractivity contribution in [3.05, 3.63) is 92.2 Å². The molecule has 0 heterocycles. The molecule has 0 aliphatic heterocycles.